The van der Waals surface area contributed by atoms with E-state index in [9.17, 15) is 0 Å². The second kappa shape index (κ2) is 6.38. The van der Waals surface area contributed by atoms with E-state index in [-0.39, 0.29) is 0 Å². The van der Waals surface area contributed by atoms with Crippen molar-refractivity contribution < 1.29 is 0 Å². The summed E-state index contributed by atoms with van der Waals surface area (Å²) in [6.45, 7) is 5.20. The van der Waals surface area contributed by atoms with Crippen molar-refractivity contribution in [1.82, 2.24) is 10.2 Å². The van der Waals surface area contributed by atoms with Crippen LogP contribution in [0.4, 0.5) is 0 Å². The molecule has 1 saturated carbocycles. The van der Waals surface area contributed by atoms with Crippen molar-refractivity contribution in [3.63, 3.8) is 0 Å². The van der Waals surface area contributed by atoms with Gasteiger partial charge in [0.05, 0.1) is 0 Å². The third-order valence-electron chi connectivity index (χ3n) is 4.58. The lowest BCUT2D eigenvalue weighted by molar-refractivity contribution is 0.212. The molecule has 4 heteroatoms. The molecule has 1 unspecified atom stereocenters. The van der Waals surface area contributed by atoms with Crippen LogP contribution in [-0.2, 0) is 0 Å². The third kappa shape index (κ3) is 3.38. The highest BCUT2D eigenvalue weighted by Crippen LogP contribution is 2.32. The van der Waals surface area contributed by atoms with Crippen LogP contribution in [0.3, 0.4) is 0 Å². The minimum atomic E-state index is 0.489. The smallest absolute Gasteiger partial charge is 0.0308 e. The van der Waals surface area contributed by atoms with Gasteiger partial charge in [-0.2, -0.15) is 23.5 Å². The van der Waals surface area contributed by atoms with Crippen molar-refractivity contribution in [2.45, 2.75) is 42.9 Å². The van der Waals surface area contributed by atoms with Crippen LogP contribution in [0.1, 0.15) is 32.1 Å². The molecule has 2 saturated heterocycles. The van der Waals surface area contributed by atoms with Crippen molar-refractivity contribution in [2.75, 3.05) is 43.4 Å². The van der Waals surface area contributed by atoms with Gasteiger partial charge in [-0.25, -0.2) is 0 Å². The molecule has 1 spiro atoms. The minimum absolute atomic E-state index is 0.489. The van der Waals surface area contributed by atoms with E-state index in [4.69, 9.17) is 0 Å². The molecule has 2 aliphatic heterocycles. The van der Waals surface area contributed by atoms with E-state index in [0.717, 1.165) is 5.25 Å². The molecular formula is C14H26N2S2. The van der Waals surface area contributed by atoms with Crippen LogP contribution < -0.4 is 5.32 Å². The molecule has 3 rings (SSSR count). The normalized spacial score (nSPS) is 33.7. The Labute approximate surface area is 120 Å². The van der Waals surface area contributed by atoms with Crippen molar-refractivity contribution in [3.8, 4) is 0 Å². The number of nitrogens with zero attached hydrogens (tertiary/aromatic N) is 1. The molecule has 3 aliphatic rings. The molecule has 1 N–H and O–H groups in total. The highest BCUT2D eigenvalue weighted by Gasteiger charge is 2.36. The SMILES string of the molecule is C1CNC2(CCCC2)CN(CC2CSCCS2)C1. The molecule has 2 nitrogen and oxygen atoms in total. The van der Waals surface area contributed by atoms with Gasteiger partial charge in [-0.1, -0.05) is 12.8 Å². The maximum atomic E-state index is 3.87. The van der Waals surface area contributed by atoms with Gasteiger partial charge in [0.1, 0.15) is 0 Å². The van der Waals surface area contributed by atoms with Gasteiger partial charge in [0.2, 0.25) is 0 Å². The molecule has 2 heterocycles. The van der Waals surface area contributed by atoms with Crippen LogP contribution in [0.5, 0.6) is 0 Å². The Morgan fingerprint density at radius 2 is 2.06 bits per heavy atom. The van der Waals surface area contributed by atoms with Gasteiger partial charge < -0.3 is 10.2 Å². The van der Waals surface area contributed by atoms with Gasteiger partial charge in [-0.05, 0) is 32.4 Å². The van der Waals surface area contributed by atoms with E-state index in [0.29, 0.717) is 5.54 Å². The van der Waals surface area contributed by atoms with Gasteiger partial charge in [-0.3, -0.25) is 0 Å². The van der Waals surface area contributed by atoms with Gasteiger partial charge >= 0.3 is 0 Å². The van der Waals surface area contributed by atoms with Crippen molar-refractivity contribution in [1.29, 1.82) is 0 Å². The second-order valence-corrected chi connectivity index (χ2v) is 8.63. The zero-order valence-electron chi connectivity index (χ0n) is 11.3. The lowest BCUT2D eigenvalue weighted by Crippen LogP contribution is -2.50. The van der Waals surface area contributed by atoms with Gasteiger partial charge in [0.25, 0.3) is 0 Å². The summed E-state index contributed by atoms with van der Waals surface area (Å²) in [6.07, 6.45) is 7.04. The van der Waals surface area contributed by atoms with Crippen LogP contribution in [0.2, 0.25) is 0 Å². The Morgan fingerprint density at radius 1 is 1.17 bits per heavy atom. The van der Waals surface area contributed by atoms with Gasteiger partial charge in [0.15, 0.2) is 0 Å². The lowest BCUT2D eigenvalue weighted by Gasteiger charge is -2.35. The lowest BCUT2D eigenvalue weighted by atomic mass is 9.97. The van der Waals surface area contributed by atoms with Gasteiger partial charge in [-0.15, -0.1) is 0 Å². The fraction of sp³-hybridized carbons (Fsp3) is 1.00. The Balaban J connectivity index is 1.56. The third-order valence-corrected chi connectivity index (χ3v) is 7.41. The summed E-state index contributed by atoms with van der Waals surface area (Å²) < 4.78 is 0. The molecule has 0 amide bonds. The molecule has 0 aromatic rings. The Morgan fingerprint density at radius 3 is 2.83 bits per heavy atom. The van der Waals surface area contributed by atoms with E-state index < -0.39 is 0 Å². The van der Waals surface area contributed by atoms with Crippen LogP contribution in [0.25, 0.3) is 0 Å². The summed E-state index contributed by atoms with van der Waals surface area (Å²) in [5, 5.41) is 4.76. The van der Waals surface area contributed by atoms with Gasteiger partial charge in [0, 0.05) is 41.1 Å². The molecule has 0 radical (unpaired) electrons. The summed E-state index contributed by atoms with van der Waals surface area (Å²) >= 11 is 4.37. The molecule has 3 fully saturated rings. The number of nitrogens with one attached hydrogen (secondary N) is 1. The molecule has 0 aromatic carbocycles. The Hall–Kier alpha value is 0.620. The predicted molar refractivity (Wildman–Crippen MR) is 83.8 cm³/mol. The highest BCUT2D eigenvalue weighted by molar-refractivity contribution is 8.06. The monoisotopic (exact) mass is 286 g/mol. The van der Waals surface area contributed by atoms with E-state index in [1.807, 2.05) is 0 Å². The first-order valence-electron chi connectivity index (χ1n) is 7.53. The van der Waals surface area contributed by atoms with Crippen molar-refractivity contribution >= 4 is 23.5 Å². The fourth-order valence-corrected chi connectivity index (χ4v) is 6.41. The van der Waals surface area contributed by atoms with Crippen LogP contribution in [0.15, 0.2) is 0 Å². The fourth-order valence-electron chi connectivity index (χ4n) is 3.69. The number of rotatable bonds is 2. The largest absolute Gasteiger partial charge is 0.310 e. The first-order chi connectivity index (χ1) is 8.86. The number of hydrogen-bond acceptors (Lipinski definition) is 4. The van der Waals surface area contributed by atoms with Crippen LogP contribution >= 0.6 is 23.5 Å². The molecule has 104 valence electrons. The van der Waals surface area contributed by atoms with Crippen molar-refractivity contribution in [3.05, 3.63) is 0 Å². The first-order valence-corrected chi connectivity index (χ1v) is 9.73. The van der Waals surface area contributed by atoms with Crippen LogP contribution in [0, 0.1) is 0 Å². The summed E-state index contributed by atoms with van der Waals surface area (Å²) in [5.41, 5.74) is 0.489. The zero-order valence-corrected chi connectivity index (χ0v) is 13.0. The zero-order chi connectivity index (χ0) is 12.3. The first kappa shape index (κ1) is 13.6. The van der Waals surface area contributed by atoms with Crippen molar-refractivity contribution in [2.24, 2.45) is 0 Å². The van der Waals surface area contributed by atoms with E-state index in [2.05, 4.69) is 33.7 Å². The maximum Gasteiger partial charge on any atom is 0.0308 e. The maximum absolute atomic E-state index is 3.87. The Bertz CT molecular complexity index is 261. The van der Waals surface area contributed by atoms with Crippen LogP contribution in [-0.4, -0.2) is 59.1 Å². The Kier molecular flexibility index (Phi) is 4.82. The molecule has 1 atom stereocenters. The number of hydrogen-bond donors (Lipinski definition) is 1. The summed E-state index contributed by atoms with van der Waals surface area (Å²) in [6, 6.07) is 0. The average Bonchev–Trinajstić information content (AvgIpc) is 2.75. The van der Waals surface area contributed by atoms with E-state index in [1.54, 1.807) is 0 Å². The standard InChI is InChI=1S/C14H26N2S2/c1-2-5-14(4-1)12-16(7-3-6-15-14)10-13-11-17-8-9-18-13/h13,15H,1-12H2. The number of thioether (sulfide) groups is 2. The molecule has 0 bridgehead atoms. The highest BCUT2D eigenvalue weighted by atomic mass is 32.2. The van der Waals surface area contributed by atoms with E-state index >= 15 is 0 Å². The minimum Gasteiger partial charge on any atom is -0.310 e. The summed E-state index contributed by atoms with van der Waals surface area (Å²) in [5.74, 6) is 4.11. The quantitative estimate of drug-likeness (QED) is 0.838. The second-order valence-electron chi connectivity index (χ2n) is 6.07. The predicted octanol–water partition coefficient (Wildman–Crippen LogP) is 2.44. The molecular weight excluding hydrogens is 260 g/mol. The topological polar surface area (TPSA) is 15.3 Å². The molecule has 1 aliphatic carbocycles. The molecule has 18 heavy (non-hydrogen) atoms. The van der Waals surface area contributed by atoms with E-state index in [1.165, 1.54) is 75.5 Å². The summed E-state index contributed by atoms with van der Waals surface area (Å²) in [4.78, 5) is 2.77. The molecule has 0 aromatic heterocycles. The average molecular weight is 287 g/mol. The summed E-state index contributed by atoms with van der Waals surface area (Å²) in [7, 11) is 0.